The summed E-state index contributed by atoms with van der Waals surface area (Å²) in [6, 6.07) is 5.31. The second-order valence-corrected chi connectivity index (χ2v) is 3.42. The Hall–Kier alpha value is -1.95. The van der Waals surface area contributed by atoms with E-state index in [0.717, 1.165) is 0 Å². The molecule has 0 saturated heterocycles. The fourth-order valence-electron chi connectivity index (χ4n) is 1.25. The average molecular weight is 225 g/mol. The fourth-order valence-corrected chi connectivity index (χ4v) is 1.25. The SMILES string of the molecule is C[C@H](C(=O)O)[C@H](O)c1cccc([N+](=O)[O-])c1. The van der Waals surface area contributed by atoms with E-state index < -0.39 is 22.9 Å². The standard InChI is InChI=1S/C10H11NO5/c1-6(10(13)14)9(12)7-3-2-4-8(5-7)11(15)16/h2-6,9,12H,1H3,(H,13,14)/t6-,9-/m0/s1. The molecule has 6 nitrogen and oxygen atoms in total. The Morgan fingerprint density at radius 2 is 2.12 bits per heavy atom. The van der Waals surface area contributed by atoms with Gasteiger partial charge in [0, 0.05) is 12.1 Å². The van der Waals surface area contributed by atoms with Crippen molar-refractivity contribution in [3.8, 4) is 0 Å². The van der Waals surface area contributed by atoms with Gasteiger partial charge in [-0.05, 0) is 12.5 Å². The summed E-state index contributed by atoms with van der Waals surface area (Å²) in [4.78, 5) is 20.5. The largest absolute Gasteiger partial charge is 0.481 e. The number of aliphatic hydroxyl groups is 1. The Morgan fingerprint density at radius 3 is 2.62 bits per heavy atom. The lowest BCUT2D eigenvalue weighted by Crippen LogP contribution is -2.18. The molecule has 0 spiro atoms. The van der Waals surface area contributed by atoms with Crippen LogP contribution in [0.1, 0.15) is 18.6 Å². The number of aliphatic carboxylic acids is 1. The Labute approximate surface area is 91.3 Å². The lowest BCUT2D eigenvalue weighted by molar-refractivity contribution is -0.385. The van der Waals surface area contributed by atoms with Gasteiger partial charge in [0.25, 0.3) is 5.69 Å². The molecule has 0 heterocycles. The van der Waals surface area contributed by atoms with Gasteiger partial charge in [-0.25, -0.2) is 0 Å². The van der Waals surface area contributed by atoms with E-state index in [4.69, 9.17) is 5.11 Å². The van der Waals surface area contributed by atoms with Crippen molar-refractivity contribution in [2.75, 3.05) is 0 Å². The summed E-state index contributed by atoms with van der Waals surface area (Å²) in [5.41, 5.74) is 0.0539. The highest BCUT2D eigenvalue weighted by Gasteiger charge is 2.23. The van der Waals surface area contributed by atoms with Crippen LogP contribution in [0.15, 0.2) is 24.3 Å². The van der Waals surface area contributed by atoms with Gasteiger partial charge in [0.2, 0.25) is 0 Å². The highest BCUT2D eigenvalue weighted by atomic mass is 16.6. The van der Waals surface area contributed by atoms with Crippen molar-refractivity contribution in [3.05, 3.63) is 39.9 Å². The third-order valence-corrected chi connectivity index (χ3v) is 2.29. The van der Waals surface area contributed by atoms with E-state index in [1.807, 2.05) is 0 Å². The predicted octanol–water partition coefficient (Wildman–Crippen LogP) is 1.35. The Balaban J connectivity index is 3.00. The van der Waals surface area contributed by atoms with Crippen LogP contribution in [0.4, 0.5) is 5.69 Å². The van der Waals surface area contributed by atoms with Gasteiger partial charge in [0.05, 0.1) is 16.9 Å². The number of carboxylic acid groups (broad SMARTS) is 1. The van der Waals surface area contributed by atoms with E-state index in [2.05, 4.69) is 0 Å². The minimum atomic E-state index is -1.25. The van der Waals surface area contributed by atoms with Crippen LogP contribution < -0.4 is 0 Å². The van der Waals surface area contributed by atoms with Gasteiger partial charge in [-0.15, -0.1) is 0 Å². The fraction of sp³-hybridized carbons (Fsp3) is 0.300. The van der Waals surface area contributed by atoms with Crippen LogP contribution in [-0.4, -0.2) is 21.1 Å². The zero-order valence-corrected chi connectivity index (χ0v) is 8.53. The van der Waals surface area contributed by atoms with Crippen molar-refractivity contribution in [2.45, 2.75) is 13.0 Å². The molecule has 1 rings (SSSR count). The quantitative estimate of drug-likeness (QED) is 0.595. The van der Waals surface area contributed by atoms with E-state index in [-0.39, 0.29) is 11.3 Å². The second-order valence-electron chi connectivity index (χ2n) is 3.42. The number of non-ortho nitro benzene ring substituents is 1. The van der Waals surface area contributed by atoms with E-state index in [0.29, 0.717) is 0 Å². The number of hydrogen-bond acceptors (Lipinski definition) is 4. The number of carbonyl (C=O) groups is 1. The number of nitrogens with zero attached hydrogens (tertiary/aromatic N) is 1. The molecular formula is C10H11NO5. The van der Waals surface area contributed by atoms with Crippen LogP contribution in [0.5, 0.6) is 0 Å². The predicted molar refractivity (Wildman–Crippen MR) is 54.9 cm³/mol. The molecule has 0 radical (unpaired) electrons. The van der Waals surface area contributed by atoms with E-state index in [1.165, 1.54) is 31.2 Å². The first-order valence-electron chi connectivity index (χ1n) is 4.58. The molecule has 6 heteroatoms. The lowest BCUT2D eigenvalue weighted by Gasteiger charge is -2.14. The summed E-state index contributed by atoms with van der Waals surface area (Å²) in [6.07, 6.45) is -1.25. The normalized spacial score (nSPS) is 14.1. The van der Waals surface area contributed by atoms with Crippen LogP contribution in [0.2, 0.25) is 0 Å². The first-order chi connectivity index (χ1) is 7.43. The molecule has 0 unspecified atom stereocenters. The van der Waals surface area contributed by atoms with Crippen molar-refractivity contribution in [3.63, 3.8) is 0 Å². The highest BCUT2D eigenvalue weighted by molar-refractivity contribution is 5.70. The van der Waals surface area contributed by atoms with E-state index in [1.54, 1.807) is 0 Å². The maximum absolute atomic E-state index is 10.6. The van der Waals surface area contributed by atoms with Gasteiger partial charge in [-0.2, -0.15) is 0 Å². The Morgan fingerprint density at radius 1 is 1.50 bits per heavy atom. The summed E-state index contributed by atoms with van der Waals surface area (Å²) in [5, 5.41) is 28.8. The van der Waals surface area contributed by atoms with Crippen molar-refractivity contribution >= 4 is 11.7 Å². The van der Waals surface area contributed by atoms with Crippen LogP contribution in [-0.2, 0) is 4.79 Å². The minimum Gasteiger partial charge on any atom is -0.481 e. The zero-order chi connectivity index (χ0) is 12.3. The minimum absolute atomic E-state index is 0.172. The molecule has 86 valence electrons. The maximum Gasteiger partial charge on any atom is 0.309 e. The number of hydrogen-bond donors (Lipinski definition) is 2. The molecule has 0 aliphatic carbocycles. The van der Waals surface area contributed by atoms with Crippen molar-refractivity contribution in [1.29, 1.82) is 0 Å². The van der Waals surface area contributed by atoms with Gasteiger partial charge in [-0.1, -0.05) is 12.1 Å². The number of nitro benzene ring substituents is 1. The molecule has 0 aromatic heterocycles. The van der Waals surface area contributed by atoms with Gasteiger partial charge >= 0.3 is 5.97 Å². The molecule has 2 N–H and O–H groups in total. The number of nitro groups is 1. The van der Waals surface area contributed by atoms with Gasteiger partial charge in [-0.3, -0.25) is 14.9 Å². The summed E-state index contributed by atoms with van der Waals surface area (Å²) in [7, 11) is 0. The molecule has 2 atom stereocenters. The van der Waals surface area contributed by atoms with Gasteiger partial charge in [0.15, 0.2) is 0 Å². The van der Waals surface area contributed by atoms with Crippen LogP contribution >= 0.6 is 0 Å². The highest BCUT2D eigenvalue weighted by Crippen LogP contribution is 2.24. The van der Waals surface area contributed by atoms with Crippen LogP contribution in [0.25, 0.3) is 0 Å². The summed E-state index contributed by atoms with van der Waals surface area (Å²) < 4.78 is 0. The second kappa shape index (κ2) is 4.71. The summed E-state index contributed by atoms with van der Waals surface area (Å²) >= 11 is 0. The first-order valence-corrected chi connectivity index (χ1v) is 4.58. The zero-order valence-electron chi connectivity index (χ0n) is 8.53. The molecule has 0 saturated carbocycles. The van der Waals surface area contributed by atoms with Crippen molar-refractivity contribution in [2.24, 2.45) is 5.92 Å². The van der Waals surface area contributed by atoms with Crippen molar-refractivity contribution in [1.82, 2.24) is 0 Å². The molecule has 0 aliphatic heterocycles. The molecule has 0 fully saturated rings. The van der Waals surface area contributed by atoms with Crippen LogP contribution in [0.3, 0.4) is 0 Å². The molecule has 1 aromatic rings. The summed E-state index contributed by atoms with van der Waals surface area (Å²) in [6.45, 7) is 1.34. The summed E-state index contributed by atoms with van der Waals surface area (Å²) in [5.74, 6) is -2.17. The lowest BCUT2D eigenvalue weighted by atomic mass is 9.97. The third kappa shape index (κ3) is 2.54. The van der Waals surface area contributed by atoms with Gasteiger partial charge in [0.1, 0.15) is 0 Å². The van der Waals surface area contributed by atoms with E-state index in [9.17, 15) is 20.0 Å². The molecule has 0 aliphatic rings. The average Bonchev–Trinajstić information content (AvgIpc) is 2.27. The number of rotatable bonds is 4. The number of benzene rings is 1. The number of carboxylic acids is 1. The molecular weight excluding hydrogens is 214 g/mol. The third-order valence-electron chi connectivity index (χ3n) is 2.29. The van der Waals surface area contributed by atoms with Crippen molar-refractivity contribution < 1.29 is 19.9 Å². The maximum atomic E-state index is 10.6. The molecule has 1 aromatic carbocycles. The van der Waals surface area contributed by atoms with E-state index >= 15 is 0 Å². The molecule has 0 amide bonds. The Bertz CT molecular complexity index is 417. The number of aliphatic hydroxyl groups excluding tert-OH is 1. The first kappa shape index (κ1) is 12.1. The Kier molecular flexibility index (Phi) is 3.57. The smallest absolute Gasteiger partial charge is 0.309 e. The molecule has 16 heavy (non-hydrogen) atoms. The molecule has 0 bridgehead atoms. The van der Waals surface area contributed by atoms with Crippen LogP contribution in [0, 0.1) is 16.0 Å². The van der Waals surface area contributed by atoms with Gasteiger partial charge < -0.3 is 10.2 Å². The topological polar surface area (TPSA) is 101 Å². The monoisotopic (exact) mass is 225 g/mol.